The summed E-state index contributed by atoms with van der Waals surface area (Å²) < 4.78 is 25.8. The van der Waals surface area contributed by atoms with Gasteiger partial charge in [-0.25, -0.2) is 12.7 Å². The van der Waals surface area contributed by atoms with Crippen LogP contribution in [0, 0.1) is 23.2 Å². The molecule has 7 heteroatoms. The third-order valence-electron chi connectivity index (χ3n) is 7.36. The average Bonchev–Trinajstić information content (AvgIpc) is 2.65. The smallest absolute Gasteiger partial charge is 0.282 e. The van der Waals surface area contributed by atoms with Gasteiger partial charge >= 0.3 is 0 Å². The Morgan fingerprint density at radius 2 is 1.76 bits per heavy atom. The summed E-state index contributed by atoms with van der Waals surface area (Å²) in [7, 11) is -0.513. The molecule has 5 rings (SSSR count). The zero-order valence-corrected chi connectivity index (χ0v) is 18.5. The van der Waals surface area contributed by atoms with E-state index in [1.165, 1.54) is 63.0 Å². The Hall–Kier alpha value is -1.44. The van der Waals surface area contributed by atoms with Gasteiger partial charge in [-0.1, -0.05) is 6.07 Å². The van der Waals surface area contributed by atoms with Gasteiger partial charge < -0.3 is 10.6 Å². The molecule has 4 saturated carbocycles. The van der Waals surface area contributed by atoms with Gasteiger partial charge in [0, 0.05) is 25.2 Å². The summed E-state index contributed by atoms with van der Waals surface area (Å²) in [5, 5.41) is 5.10. The van der Waals surface area contributed by atoms with Crippen LogP contribution >= 0.6 is 0 Å². The van der Waals surface area contributed by atoms with Crippen molar-refractivity contribution in [3.05, 3.63) is 24.3 Å². The molecule has 29 heavy (non-hydrogen) atoms. The topological polar surface area (TPSA) is 83.1 Å². The number of hydrogen-bond acceptors (Lipinski definition) is 3. The number of amides is 1. The molecule has 1 aromatic rings. The molecule has 0 aromatic heterocycles. The molecule has 4 bridgehead atoms. The van der Waals surface area contributed by atoms with E-state index in [1.807, 2.05) is 6.92 Å². The molecular formula is C22H34N3O3S+. The molecule has 3 N–H and O–H groups in total. The molecule has 0 radical (unpaired) electrons. The maximum absolute atomic E-state index is 12.7. The molecule has 1 amide bonds. The number of anilines is 1. The molecule has 4 fully saturated rings. The fourth-order valence-corrected chi connectivity index (χ4v) is 7.22. The minimum absolute atomic E-state index is 0.0749. The maximum atomic E-state index is 12.7. The van der Waals surface area contributed by atoms with Gasteiger partial charge in [-0.15, -0.1) is 0 Å². The second-order valence-electron chi connectivity index (χ2n) is 9.95. The van der Waals surface area contributed by atoms with Crippen LogP contribution in [-0.2, 0) is 14.8 Å². The summed E-state index contributed by atoms with van der Waals surface area (Å²) in [6.45, 7) is 2.97. The summed E-state index contributed by atoms with van der Waals surface area (Å²) in [5.74, 6) is 2.68. The van der Waals surface area contributed by atoms with Gasteiger partial charge in [0.05, 0.1) is 11.4 Å². The highest BCUT2D eigenvalue weighted by Crippen LogP contribution is 2.59. The average molecular weight is 421 g/mol. The third kappa shape index (κ3) is 4.23. The van der Waals surface area contributed by atoms with Gasteiger partial charge in [-0.3, -0.25) is 4.79 Å². The SMILES string of the molecule is C[C@@H]([NH2+]CC12CC3CC(CC(C3)C1)C2)C(=O)Nc1cccc(S(=O)(=O)N(C)C)c1. The van der Waals surface area contributed by atoms with Crippen molar-refractivity contribution in [2.45, 2.75) is 56.4 Å². The molecule has 6 nitrogen and oxygen atoms in total. The van der Waals surface area contributed by atoms with Crippen molar-refractivity contribution in [1.29, 1.82) is 0 Å². The van der Waals surface area contributed by atoms with E-state index in [4.69, 9.17) is 0 Å². The number of nitrogens with two attached hydrogens (primary N) is 1. The van der Waals surface area contributed by atoms with Crippen molar-refractivity contribution < 1.29 is 18.5 Å². The van der Waals surface area contributed by atoms with Crippen LogP contribution in [0.4, 0.5) is 5.69 Å². The lowest BCUT2D eigenvalue weighted by molar-refractivity contribution is -0.686. The molecular weight excluding hydrogens is 386 g/mol. The highest BCUT2D eigenvalue weighted by molar-refractivity contribution is 7.89. The van der Waals surface area contributed by atoms with E-state index in [0.717, 1.165) is 24.3 Å². The molecule has 160 valence electrons. The van der Waals surface area contributed by atoms with Gasteiger partial charge in [-0.2, -0.15) is 0 Å². The first-order valence-corrected chi connectivity index (χ1v) is 12.3. The van der Waals surface area contributed by atoms with Crippen LogP contribution in [0.1, 0.15) is 45.4 Å². The van der Waals surface area contributed by atoms with Crippen molar-refractivity contribution in [2.75, 3.05) is 26.0 Å². The number of nitrogens with one attached hydrogen (secondary N) is 1. The summed E-state index contributed by atoms with van der Waals surface area (Å²) in [5.41, 5.74) is 0.955. The zero-order valence-electron chi connectivity index (χ0n) is 17.7. The van der Waals surface area contributed by atoms with Crippen LogP contribution in [0.25, 0.3) is 0 Å². The second kappa shape index (κ2) is 7.67. The fraction of sp³-hybridized carbons (Fsp3) is 0.682. The van der Waals surface area contributed by atoms with E-state index in [0.29, 0.717) is 11.1 Å². The van der Waals surface area contributed by atoms with Gasteiger partial charge in [0.25, 0.3) is 5.91 Å². The summed E-state index contributed by atoms with van der Waals surface area (Å²) in [4.78, 5) is 12.9. The Balaban J connectivity index is 1.36. The molecule has 0 spiro atoms. The molecule has 0 heterocycles. The Morgan fingerprint density at radius 1 is 1.17 bits per heavy atom. The summed E-state index contributed by atoms with van der Waals surface area (Å²) in [6, 6.07) is 6.28. The van der Waals surface area contributed by atoms with Crippen LogP contribution in [0.5, 0.6) is 0 Å². The Kier molecular flexibility index (Phi) is 5.51. The zero-order chi connectivity index (χ0) is 20.8. The molecule has 0 aliphatic heterocycles. The summed E-state index contributed by atoms with van der Waals surface area (Å²) >= 11 is 0. The van der Waals surface area contributed by atoms with Crippen LogP contribution < -0.4 is 10.6 Å². The molecule has 4 aliphatic rings. The Bertz CT molecular complexity index is 846. The first-order chi connectivity index (χ1) is 13.7. The van der Waals surface area contributed by atoms with Gasteiger partial charge in [-0.05, 0) is 81.4 Å². The van der Waals surface area contributed by atoms with E-state index in [1.54, 1.807) is 18.2 Å². The van der Waals surface area contributed by atoms with E-state index in [2.05, 4.69) is 10.6 Å². The Morgan fingerprint density at radius 3 is 2.31 bits per heavy atom. The first kappa shape index (κ1) is 20.8. The van der Waals surface area contributed by atoms with Gasteiger partial charge in [0.1, 0.15) is 0 Å². The quantitative estimate of drug-likeness (QED) is 0.708. The monoisotopic (exact) mass is 420 g/mol. The standard InChI is InChI=1S/C22H33N3O3S/c1-15(23-14-22-11-16-7-17(12-22)9-18(8-16)13-22)21(26)24-19-5-4-6-20(10-19)29(27,28)25(2)3/h4-6,10,15-18,23H,7-9,11-14H2,1-3H3,(H,24,26)/p+1/t15-,16?,17?,18?,22?/m1/s1. The van der Waals surface area contributed by atoms with Crippen LogP contribution in [-0.4, -0.2) is 45.3 Å². The lowest BCUT2D eigenvalue weighted by atomic mass is 9.49. The number of carbonyl (C=O) groups excluding carboxylic acids is 1. The molecule has 0 unspecified atom stereocenters. The van der Waals surface area contributed by atoms with Crippen molar-refractivity contribution in [3.63, 3.8) is 0 Å². The third-order valence-corrected chi connectivity index (χ3v) is 9.17. The number of hydrogen-bond donors (Lipinski definition) is 2. The van der Waals surface area contributed by atoms with Crippen LogP contribution in [0.3, 0.4) is 0 Å². The molecule has 1 atom stereocenters. The van der Waals surface area contributed by atoms with Crippen molar-refractivity contribution in [2.24, 2.45) is 23.2 Å². The lowest BCUT2D eigenvalue weighted by Crippen LogP contribution is -2.94. The highest BCUT2D eigenvalue weighted by atomic mass is 32.2. The lowest BCUT2D eigenvalue weighted by Gasteiger charge is -2.56. The number of rotatable bonds is 7. The Labute approximate surface area is 174 Å². The predicted molar refractivity (Wildman–Crippen MR) is 113 cm³/mol. The van der Waals surface area contributed by atoms with E-state index in [-0.39, 0.29) is 16.8 Å². The summed E-state index contributed by atoms with van der Waals surface area (Å²) in [6.07, 6.45) is 8.32. The minimum Gasteiger partial charge on any atom is -0.336 e. The first-order valence-electron chi connectivity index (χ1n) is 10.8. The largest absolute Gasteiger partial charge is 0.336 e. The van der Waals surface area contributed by atoms with Crippen molar-refractivity contribution in [3.8, 4) is 0 Å². The molecule has 4 aliphatic carbocycles. The maximum Gasteiger partial charge on any atom is 0.282 e. The van der Waals surface area contributed by atoms with Crippen LogP contribution in [0.15, 0.2) is 29.2 Å². The number of sulfonamides is 1. The number of quaternary nitrogens is 1. The highest BCUT2D eigenvalue weighted by Gasteiger charge is 2.51. The second-order valence-corrected chi connectivity index (χ2v) is 12.1. The number of benzene rings is 1. The van der Waals surface area contributed by atoms with Crippen molar-refractivity contribution >= 4 is 21.6 Å². The van der Waals surface area contributed by atoms with Gasteiger partial charge in [0.2, 0.25) is 10.0 Å². The normalized spacial score (nSPS) is 31.8. The van der Waals surface area contributed by atoms with Crippen molar-refractivity contribution in [1.82, 2.24) is 4.31 Å². The predicted octanol–water partition coefficient (Wildman–Crippen LogP) is 2.04. The number of carbonyl (C=O) groups is 1. The van der Waals surface area contributed by atoms with E-state index < -0.39 is 10.0 Å². The van der Waals surface area contributed by atoms with Gasteiger partial charge in [0.15, 0.2) is 6.04 Å². The minimum atomic E-state index is -3.52. The van der Waals surface area contributed by atoms with Crippen LogP contribution in [0.2, 0.25) is 0 Å². The van der Waals surface area contributed by atoms with E-state index in [9.17, 15) is 13.2 Å². The van der Waals surface area contributed by atoms with E-state index >= 15 is 0 Å². The number of nitrogens with zero attached hydrogens (tertiary/aromatic N) is 1. The molecule has 0 saturated heterocycles. The fourth-order valence-electron chi connectivity index (χ4n) is 6.28. The molecule has 1 aromatic carbocycles.